The van der Waals surface area contributed by atoms with E-state index in [2.05, 4.69) is 20.5 Å². The second-order valence-electron chi connectivity index (χ2n) is 1.93. The molecule has 0 bridgehead atoms. The molecule has 12 heavy (non-hydrogen) atoms. The molecule has 0 saturated carbocycles. The molecule has 0 aromatic carbocycles. The molecule has 1 radical (unpaired) electrons. The Balaban J connectivity index is 0.000000720. The molecule has 0 aliphatic rings. The van der Waals surface area contributed by atoms with Crippen molar-refractivity contribution < 1.29 is 20.1 Å². The summed E-state index contributed by atoms with van der Waals surface area (Å²) in [5, 5.41) is 1.91. The number of hydrogen-bond acceptors (Lipinski definition) is 4. The molecule has 0 unspecified atom stereocenters. The van der Waals surface area contributed by atoms with Gasteiger partial charge in [-0.15, -0.1) is 17.1 Å². The molecule has 0 saturated heterocycles. The van der Waals surface area contributed by atoms with E-state index in [-0.39, 0.29) is 20.1 Å². The third kappa shape index (κ3) is 1.94. The van der Waals surface area contributed by atoms with Crippen LogP contribution in [0.5, 0.6) is 0 Å². The summed E-state index contributed by atoms with van der Waals surface area (Å²) in [6.07, 6.45) is 6.05. The first-order valence-corrected chi connectivity index (χ1v) is 3.89. The summed E-state index contributed by atoms with van der Waals surface area (Å²) < 4.78 is 3.85. The van der Waals surface area contributed by atoms with Gasteiger partial charge in [0.1, 0.15) is 6.33 Å². The quantitative estimate of drug-likeness (QED) is 0.727. The van der Waals surface area contributed by atoms with Gasteiger partial charge in [0.25, 0.3) is 0 Å². The number of hydrogen-bond donors (Lipinski definition) is 0. The largest absolute Gasteiger partial charge is 0.302 e. The van der Waals surface area contributed by atoms with Gasteiger partial charge >= 0.3 is 0 Å². The van der Waals surface area contributed by atoms with E-state index in [9.17, 15) is 0 Å². The summed E-state index contributed by atoms with van der Waals surface area (Å²) in [5.74, 6) is 0. The standard InChI is InChI=1S/C7H4N3S.Ir/c1-2-8-5-9-7(1)6-3-10-11-4-6;/h1-2,4-5H;/q-1;. The molecule has 2 heterocycles. The van der Waals surface area contributed by atoms with Crippen LogP contribution in [0.3, 0.4) is 0 Å². The van der Waals surface area contributed by atoms with Crippen LogP contribution in [0.25, 0.3) is 11.3 Å². The van der Waals surface area contributed by atoms with Gasteiger partial charge in [0.2, 0.25) is 0 Å². The number of aromatic nitrogens is 3. The normalized spacial score (nSPS) is 9.00. The molecule has 0 spiro atoms. The van der Waals surface area contributed by atoms with Crippen molar-refractivity contribution in [3.63, 3.8) is 0 Å². The van der Waals surface area contributed by atoms with Gasteiger partial charge in [0.05, 0.1) is 0 Å². The number of rotatable bonds is 1. The minimum Gasteiger partial charge on any atom is -0.302 e. The van der Waals surface area contributed by atoms with Crippen LogP contribution in [0.2, 0.25) is 0 Å². The van der Waals surface area contributed by atoms with E-state index in [1.165, 1.54) is 17.9 Å². The molecule has 0 N–H and O–H groups in total. The maximum Gasteiger partial charge on any atom is 0.102 e. The summed E-state index contributed by atoms with van der Waals surface area (Å²) >= 11 is 1.37. The summed E-state index contributed by atoms with van der Waals surface area (Å²) in [5.41, 5.74) is 1.80. The van der Waals surface area contributed by atoms with Crippen LogP contribution in [0.15, 0.2) is 24.0 Å². The first-order valence-electron chi connectivity index (χ1n) is 3.05. The summed E-state index contributed by atoms with van der Waals surface area (Å²) in [4.78, 5) is 7.86. The van der Waals surface area contributed by atoms with E-state index in [4.69, 9.17) is 0 Å². The fourth-order valence-electron chi connectivity index (χ4n) is 0.749. The number of nitrogens with zero attached hydrogens (tertiary/aromatic N) is 3. The van der Waals surface area contributed by atoms with E-state index in [1.807, 2.05) is 11.4 Å². The van der Waals surface area contributed by atoms with Crippen molar-refractivity contribution in [3.05, 3.63) is 30.2 Å². The summed E-state index contributed by atoms with van der Waals surface area (Å²) in [7, 11) is 0. The van der Waals surface area contributed by atoms with Crippen molar-refractivity contribution in [2.75, 3.05) is 0 Å². The van der Waals surface area contributed by atoms with Crippen molar-refractivity contribution >= 4 is 11.5 Å². The SMILES string of the molecule is [Ir].[c-]1nscc1-c1ccncn1. The van der Waals surface area contributed by atoms with E-state index in [1.54, 1.807) is 6.20 Å². The molecule has 2 aromatic heterocycles. The van der Waals surface area contributed by atoms with Crippen molar-refractivity contribution in [3.8, 4) is 11.3 Å². The predicted molar refractivity (Wildman–Crippen MR) is 42.0 cm³/mol. The maximum absolute atomic E-state index is 4.05. The van der Waals surface area contributed by atoms with Crippen LogP contribution in [0.4, 0.5) is 0 Å². The molecule has 3 nitrogen and oxygen atoms in total. The molecular weight excluding hydrogens is 350 g/mol. The Bertz CT molecular complexity index is 322. The van der Waals surface area contributed by atoms with E-state index < -0.39 is 0 Å². The molecule has 0 aliphatic carbocycles. The summed E-state index contributed by atoms with van der Waals surface area (Å²) in [6, 6.07) is 1.83. The average Bonchev–Trinajstić information content (AvgIpc) is 2.58. The molecule has 0 amide bonds. The van der Waals surface area contributed by atoms with Crippen LogP contribution in [-0.2, 0) is 20.1 Å². The van der Waals surface area contributed by atoms with Crippen LogP contribution in [-0.4, -0.2) is 14.3 Å². The molecule has 0 fully saturated rings. The molecular formula is C7H4IrN3S-. The molecule has 2 rings (SSSR count). The van der Waals surface area contributed by atoms with Gasteiger partial charge < -0.3 is 4.98 Å². The Hall–Kier alpha value is -0.641. The van der Waals surface area contributed by atoms with Crippen LogP contribution >= 0.6 is 11.5 Å². The molecule has 2 aromatic rings. The first-order chi connectivity index (χ1) is 5.47. The molecule has 0 atom stereocenters. The average molecular weight is 354 g/mol. The minimum atomic E-state index is 0. The zero-order chi connectivity index (χ0) is 7.52. The van der Waals surface area contributed by atoms with Gasteiger partial charge in [-0.1, -0.05) is 17.6 Å². The second-order valence-corrected chi connectivity index (χ2v) is 2.56. The monoisotopic (exact) mass is 355 g/mol. The van der Waals surface area contributed by atoms with Gasteiger partial charge in [-0.05, 0) is 5.69 Å². The van der Waals surface area contributed by atoms with Crippen molar-refractivity contribution in [1.29, 1.82) is 0 Å². The predicted octanol–water partition coefficient (Wildman–Crippen LogP) is 1.40. The van der Waals surface area contributed by atoms with Gasteiger partial charge in [-0.2, -0.15) is 0 Å². The molecule has 5 heteroatoms. The van der Waals surface area contributed by atoms with Gasteiger partial charge in [0.15, 0.2) is 0 Å². The van der Waals surface area contributed by atoms with Crippen LogP contribution in [0, 0.1) is 6.20 Å². The Labute approximate surface area is 87.4 Å². The van der Waals surface area contributed by atoms with E-state index >= 15 is 0 Å². The van der Waals surface area contributed by atoms with Gasteiger partial charge in [-0.3, -0.25) is 4.37 Å². The zero-order valence-electron chi connectivity index (χ0n) is 5.89. The maximum atomic E-state index is 4.05. The Morgan fingerprint density at radius 2 is 2.33 bits per heavy atom. The Kier molecular flexibility index (Phi) is 3.46. The first kappa shape index (κ1) is 9.45. The minimum absolute atomic E-state index is 0. The third-order valence-corrected chi connectivity index (χ3v) is 1.79. The Morgan fingerprint density at radius 1 is 1.42 bits per heavy atom. The summed E-state index contributed by atoms with van der Waals surface area (Å²) in [6.45, 7) is 0. The van der Waals surface area contributed by atoms with E-state index in [0.29, 0.717) is 0 Å². The molecule has 0 aliphatic heterocycles. The van der Waals surface area contributed by atoms with Crippen LogP contribution < -0.4 is 0 Å². The zero-order valence-corrected chi connectivity index (χ0v) is 9.10. The van der Waals surface area contributed by atoms with Gasteiger partial charge in [0, 0.05) is 26.3 Å². The van der Waals surface area contributed by atoms with Gasteiger partial charge in [-0.25, -0.2) is 4.98 Å². The topological polar surface area (TPSA) is 38.7 Å². The van der Waals surface area contributed by atoms with Crippen molar-refractivity contribution in [1.82, 2.24) is 14.3 Å². The van der Waals surface area contributed by atoms with Crippen molar-refractivity contribution in [2.45, 2.75) is 0 Å². The fraction of sp³-hybridized carbons (Fsp3) is 0. The second kappa shape index (κ2) is 4.40. The van der Waals surface area contributed by atoms with Crippen molar-refractivity contribution in [2.24, 2.45) is 0 Å². The third-order valence-electron chi connectivity index (χ3n) is 1.25. The Morgan fingerprint density at radius 3 is 2.92 bits per heavy atom. The molecule has 63 valence electrons. The van der Waals surface area contributed by atoms with Crippen LogP contribution in [0.1, 0.15) is 0 Å². The smallest absolute Gasteiger partial charge is 0.102 e. The fourth-order valence-corrected chi connectivity index (χ4v) is 1.23. The van der Waals surface area contributed by atoms with E-state index in [0.717, 1.165) is 11.3 Å².